The van der Waals surface area contributed by atoms with Crippen LogP contribution < -0.4 is 0 Å². The van der Waals surface area contributed by atoms with Crippen molar-refractivity contribution in [1.29, 1.82) is 0 Å². The maximum absolute atomic E-state index is 12.7. The van der Waals surface area contributed by atoms with Crippen LogP contribution in [-0.4, -0.2) is 42.8 Å². The van der Waals surface area contributed by atoms with Crippen molar-refractivity contribution in [2.24, 2.45) is 5.92 Å². The van der Waals surface area contributed by atoms with Crippen LogP contribution in [0.25, 0.3) is 11.0 Å². The molecule has 0 spiro atoms. The van der Waals surface area contributed by atoms with Gasteiger partial charge in [0, 0.05) is 13.6 Å². The summed E-state index contributed by atoms with van der Waals surface area (Å²) in [5.74, 6) is 0.494. The highest BCUT2D eigenvalue weighted by Gasteiger charge is 2.19. The first-order valence-corrected chi connectivity index (χ1v) is 9.55. The van der Waals surface area contributed by atoms with Gasteiger partial charge in [-0.1, -0.05) is 36.6 Å². The number of carbonyl (C=O) groups is 1. The Labute approximate surface area is 158 Å². The Morgan fingerprint density at radius 1 is 1.19 bits per heavy atom. The van der Waals surface area contributed by atoms with E-state index in [-0.39, 0.29) is 5.91 Å². The second-order valence-corrected chi connectivity index (χ2v) is 7.34. The Balaban J connectivity index is 1.40. The average molecular weight is 364 g/mol. The Morgan fingerprint density at radius 3 is 2.78 bits per heavy atom. The first-order valence-electron chi connectivity index (χ1n) is 9.55. The third kappa shape index (κ3) is 4.13. The van der Waals surface area contributed by atoms with E-state index >= 15 is 0 Å². The molecule has 1 aromatic carbocycles. The number of fused-ring (bicyclic) bond motifs is 1. The molecule has 140 valence electrons. The predicted octanol–water partition coefficient (Wildman–Crippen LogP) is 3.07. The zero-order valence-electron chi connectivity index (χ0n) is 15.6. The number of para-hydroxylation sites is 2. The molecule has 1 saturated carbocycles. The largest absolute Gasteiger partial charge is 0.334 e. The molecule has 0 aliphatic heterocycles. The fraction of sp³-hybridized carbons (Fsp3) is 0.450. The van der Waals surface area contributed by atoms with E-state index in [2.05, 4.69) is 20.3 Å². The number of benzene rings is 1. The molecule has 0 radical (unpaired) electrons. The molecule has 7 heteroatoms. The third-order valence-electron chi connectivity index (χ3n) is 5.17. The van der Waals surface area contributed by atoms with E-state index in [0.717, 1.165) is 23.3 Å². The smallest absolute Gasteiger partial charge is 0.276 e. The molecular weight excluding hydrogens is 340 g/mol. The Hall–Kier alpha value is -2.83. The van der Waals surface area contributed by atoms with Crippen LogP contribution in [0.5, 0.6) is 0 Å². The van der Waals surface area contributed by atoms with Crippen molar-refractivity contribution in [2.45, 2.75) is 45.2 Å². The lowest BCUT2D eigenvalue weighted by atomic mass is 9.89. The first kappa shape index (κ1) is 17.6. The van der Waals surface area contributed by atoms with Gasteiger partial charge in [0.1, 0.15) is 0 Å². The number of nitrogens with zero attached hydrogens (tertiary/aromatic N) is 6. The maximum atomic E-state index is 12.7. The summed E-state index contributed by atoms with van der Waals surface area (Å²) in [5.41, 5.74) is 2.80. The summed E-state index contributed by atoms with van der Waals surface area (Å²) in [5, 5.41) is 8.23. The summed E-state index contributed by atoms with van der Waals surface area (Å²) in [6, 6.07) is 7.71. The van der Waals surface area contributed by atoms with Crippen LogP contribution in [0.4, 0.5) is 0 Å². The Kier molecular flexibility index (Phi) is 5.09. The molecule has 1 aliphatic rings. The van der Waals surface area contributed by atoms with Gasteiger partial charge >= 0.3 is 0 Å². The average Bonchev–Trinajstić information content (AvgIpc) is 3.16. The molecule has 27 heavy (non-hydrogen) atoms. The molecule has 3 aromatic rings. The molecule has 7 nitrogen and oxygen atoms in total. The van der Waals surface area contributed by atoms with Crippen molar-refractivity contribution in [1.82, 2.24) is 29.9 Å². The second kappa shape index (κ2) is 7.82. The zero-order chi connectivity index (χ0) is 18.6. The van der Waals surface area contributed by atoms with Gasteiger partial charge in [-0.3, -0.25) is 14.5 Å². The number of carbonyl (C=O) groups excluding carboxylic acids is 1. The molecule has 1 fully saturated rings. The van der Waals surface area contributed by atoms with Crippen molar-refractivity contribution >= 4 is 16.9 Å². The van der Waals surface area contributed by atoms with Gasteiger partial charge in [0.05, 0.1) is 35.7 Å². The highest BCUT2D eigenvalue weighted by molar-refractivity contribution is 5.91. The molecule has 1 amide bonds. The van der Waals surface area contributed by atoms with Gasteiger partial charge in [-0.15, -0.1) is 5.10 Å². The lowest BCUT2D eigenvalue weighted by molar-refractivity contribution is 0.0777. The van der Waals surface area contributed by atoms with Crippen LogP contribution in [0.15, 0.2) is 36.7 Å². The molecule has 4 rings (SSSR count). The fourth-order valence-corrected chi connectivity index (χ4v) is 3.70. The first-order chi connectivity index (χ1) is 13.2. The number of hydrogen-bond donors (Lipinski definition) is 0. The van der Waals surface area contributed by atoms with E-state index in [9.17, 15) is 4.79 Å². The highest BCUT2D eigenvalue weighted by Crippen LogP contribution is 2.24. The lowest BCUT2D eigenvalue weighted by Crippen LogP contribution is -2.27. The van der Waals surface area contributed by atoms with Crippen molar-refractivity contribution in [3.8, 4) is 0 Å². The minimum atomic E-state index is -0.153. The summed E-state index contributed by atoms with van der Waals surface area (Å²) in [6.07, 6.45) is 9.88. The third-order valence-corrected chi connectivity index (χ3v) is 5.17. The molecule has 0 bridgehead atoms. The molecule has 2 heterocycles. The monoisotopic (exact) mass is 364 g/mol. The lowest BCUT2D eigenvalue weighted by Gasteiger charge is -2.20. The molecule has 0 saturated heterocycles. The Morgan fingerprint density at radius 2 is 1.96 bits per heavy atom. The molecule has 2 aromatic heterocycles. The van der Waals surface area contributed by atoms with Crippen LogP contribution in [-0.2, 0) is 13.1 Å². The van der Waals surface area contributed by atoms with Gasteiger partial charge in [-0.2, -0.15) is 0 Å². The number of aromatic nitrogens is 5. The highest BCUT2D eigenvalue weighted by atomic mass is 16.2. The molecule has 1 aliphatic carbocycles. The van der Waals surface area contributed by atoms with Crippen molar-refractivity contribution in [3.63, 3.8) is 0 Å². The number of hydrogen-bond acceptors (Lipinski definition) is 5. The van der Waals surface area contributed by atoms with E-state index in [0.29, 0.717) is 18.2 Å². The SMILES string of the molecule is CN(Cc1cnc2ccccc2n1)C(=O)c1cn(CC2CCCCC2)nn1. The topological polar surface area (TPSA) is 76.8 Å². The van der Waals surface area contributed by atoms with E-state index in [1.54, 1.807) is 24.3 Å². The summed E-state index contributed by atoms with van der Waals surface area (Å²) in [6.45, 7) is 1.23. The van der Waals surface area contributed by atoms with Crippen molar-refractivity contribution in [3.05, 3.63) is 48.0 Å². The van der Waals surface area contributed by atoms with Crippen LogP contribution in [0.1, 0.15) is 48.3 Å². The minimum absolute atomic E-state index is 0.153. The van der Waals surface area contributed by atoms with E-state index in [1.807, 2.05) is 28.9 Å². The van der Waals surface area contributed by atoms with Crippen LogP contribution in [0, 0.1) is 5.92 Å². The maximum Gasteiger partial charge on any atom is 0.276 e. The van der Waals surface area contributed by atoms with Crippen molar-refractivity contribution < 1.29 is 4.79 Å². The van der Waals surface area contributed by atoms with Gasteiger partial charge < -0.3 is 4.90 Å². The quantitative estimate of drug-likeness (QED) is 0.695. The fourth-order valence-electron chi connectivity index (χ4n) is 3.70. The molecule has 0 atom stereocenters. The van der Waals surface area contributed by atoms with Gasteiger partial charge in [0.2, 0.25) is 0 Å². The van der Waals surface area contributed by atoms with Crippen molar-refractivity contribution in [2.75, 3.05) is 7.05 Å². The second-order valence-electron chi connectivity index (χ2n) is 7.34. The summed E-state index contributed by atoms with van der Waals surface area (Å²) in [4.78, 5) is 23.3. The Bertz CT molecular complexity index is 931. The van der Waals surface area contributed by atoms with Crippen LogP contribution in [0.3, 0.4) is 0 Å². The number of rotatable bonds is 5. The standard InChI is InChI=1S/C20H24N6O/c1-25(13-16-11-21-17-9-5-6-10-18(17)22-16)20(27)19-14-26(24-23-19)12-15-7-3-2-4-8-15/h5-6,9-11,14-15H,2-4,7-8,12-13H2,1H3. The minimum Gasteiger partial charge on any atom is -0.334 e. The molecular formula is C20H24N6O. The van der Waals surface area contributed by atoms with E-state index < -0.39 is 0 Å². The van der Waals surface area contributed by atoms with Gasteiger partial charge in [-0.05, 0) is 30.9 Å². The van der Waals surface area contributed by atoms with Crippen LogP contribution >= 0.6 is 0 Å². The van der Waals surface area contributed by atoms with Gasteiger partial charge in [0.15, 0.2) is 5.69 Å². The van der Waals surface area contributed by atoms with Gasteiger partial charge in [0.25, 0.3) is 5.91 Å². The molecule has 0 N–H and O–H groups in total. The normalized spacial score (nSPS) is 15.1. The number of amides is 1. The van der Waals surface area contributed by atoms with E-state index in [4.69, 9.17) is 0 Å². The summed E-state index contributed by atoms with van der Waals surface area (Å²) >= 11 is 0. The summed E-state index contributed by atoms with van der Waals surface area (Å²) < 4.78 is 1.81. The molecule has 0 unspecified atom stereocenters. The summed E-state index contributed by atoms with van der Waals surface area (Å²) in [7, 11) is 1.75. The van der Waals surface area contributed by atoms with E-state index in [1.165, 1.54) is 32.1 Å². The van der Waals surface area contributed by atoms with Gasteiger partial charge in [-0.25, -0.2) is 4.98 Å². The predicted molar refractivity (Wildman–Crippen MR) is 102 cm³/mol. The zero-order valence-corrected chi connectivity index (χ0v) is 15.6. The van der Waals surface area contributed by atoms with Crippen LogP contribution in [0.2, 0.25) is 0 Å².